The summed E-state index contributed by atoms with van der Waals surface area (Å²) in [4.78, 5) is 21.5. The van der Waals surface area contributed by atoms with E-state index in [0.717, 1.165) is 18.4 Å². The van der Waals surface area contributed by atoms with Gasteiger partial charge in [-0.05, 0) is 25.3 Å². The fraction of sp³-hybridized carbons (Fsp3) is 0.357. The van der Waals surface area contributed by atoms with Gasteiger partial charge in [-0.2, -0.15) is 0 Å². The molecule has 2 rings (SSSR count). The molecule has 0 spiro atoms. The number of benzene rings is 1. The molecule has 0 radical (unpaired) electrons. The molecule has 0 saturated heterocycles. The summed E-state index contributed by atoms with van der Waals surface area (Å²) in [5, 5.41) is 18.8. The van der Waals surface area contributed by atoms with Crippen molar-refractivity contribution in [2.75, 3.05) is 0 Å². The van der Waals surface area contributed by atoms with Gasteiger partial charge in [-0.1, -0.05) is 24.6 Å². The van der Waals surface area contributed by atoms with Gasteiger partial charge in [0.15, 0.2) is 6.29 Å². The van der Waals surface area contributed by atoms with Crippen molar-refractivity contribution in [3.63, 3.8) is 0 Å². The van der Waals surface area contributed by atoms with Crippen LogP contribution in [0.25, 0.3) is 5.69 Å². The minimum absolute atomic E-state index is 0.0137. The van der Waals surface area contributed by atoms with Crippen molar-refractivity contribution >= 4 is 12.0 Å². The third-order valence-electron chi connectivity index (χ3n) is 3.30. The number of aromatic nitrogens is 3. The van der Waals surface area contributed by atoms with Crippen LogP contribution in [0.2, 0.25) is 0 Å². The van der Waals surface area contributed by atoms with Gasteiger partial charge in [0.1, 0.15) is 5.69 Å². The molecule has 0 amide bonds. The van der Waals surface area contributed by atoms with Gasteiger partial charge in [0.05, 0.1) is 16.3 Å². The predicted octanol–water partition coefficient (Wildman–Crippen LogP) is 2.64. The molecule has 110 valence electrons. The van der Waals surface area contributed by atoms with E-state index < -0.39 is 4.92 Å². The lowest BCUT2D eigenvalue weighted by atomic mass is 10.1. The standard InChI is InChI=1S/C14H16N4O3/c1-3-4-5-13-12(9-19)15-16-17(13)14-8-11(18(20)21)7-6-10(14)2/h6-9H,3-5H2,1-2H3. The molecule has 0 saturated carbocycles. The number of hydrogen-bond acceptors (Lipinski definition) is 5. The van der Waals surface area contributed by atoms with Gasteiger partial charge >= 0.3 is 0 Å². The number of carbonyl (C=O) groups excluding carboxylic acids is 1. The topological polar surface area (TPSA) is 90.9 Å². The minimum atomic E-state index is -0.452. The first kappa shape index (κ1) is 14.8. The van der Waals surface area contributed by atoms with Gasteiger partial charge in [0.2, 0.25) is 0 Å². The maximum Gasteiger partial charge on any atom is 0.271 e. The first-order chi connectivity index (χ1) is 10.1. The third-order valence-corrected chi connectivity index (χ3v) is 3.30. The van der Waals surface area contributed by atoms with E-state index in [9.17, 15) is 14.9 Å². The van der Waals surface area contributed by atoms with Gasteiger partial charge in [0, 0.05) is 12.1 Å². The van der Waals surface area contributed by atoms with Gasteiger partial charge in [-0.3, -0.25) is 14.9 Å². The van der Waals surface area contributed by atoms with E-state index >= 15 is 0 Å². The fourth-order valence-electron chi connectivity index (χ4n) is 2.12. The van der Waals surface area contributed by atoms with E-state index in [1.54, 1.807) is 6.07 Å². The van der Waals surface area contributed by atoms with E-state index in [1.807, 2.05) is 13.8 Å². The first-order valence-electron chi connectivity index (χ1n) is 6.73. The highest BCUT2D eigenvalue weighted by molar-refractivity contribution is 5.73. The van der Waals surface area contributed by atoms with Crippen molar-refractivity contribution in [1.29, 1.82) is 0 Å². The lowest BCUT2D eigenvalue weighted by Crippen LogP contribution is -2.06. The van der Waals surface area contributed by atoms with Crippen molar-refractivity contribution in [1.82, 2.24) is 15.0 Å². The Morgan fingerprint density at radius 1 is 1.43 bits per heavy atom. The molecule has 0 aliphatic rings. The summed E-state index contributed by atoms with van der Waals surface area (Å²) in [6, 6.07) is 4.56. The molecular formula is C14H16N4O3. The first-order valence-corrected chi connectivity index (χ1v) is 6.73. The SMILES string of the molecule is CCCCc1c(C=O)nnn1-c1cc([N+](=O)[O-])ccc1C. The monoisotopic (exact) mass is 288 g/mol. The van der Waals surface area contributed by atoms with Crippen LogP contribution in [0, 0.1) is 17.0 Å². The van der Waals surface area contributed by atoms with E-state index in [1.165, 1.54) is 16.8 Å². The predicted molar refractivity (Wildman–Crippen MR) is 76.7 cm³/mol. The number of hydrogen-bond donors (Lipinski definition) is 0. The number of aryl methyl sites for hydroxylation is 1. The Kier molecular flexibility index (Phi) is 4.42. The van der Waals surface area contributed by atoms with Crippen LogP contribution < -0.4 is 0 Å². The zero-order valence-corrected chi connectivity index (χ0v) is 11.9. The number of nitrogens with zero attached hydrogens (tertiary/aromatic N) is 4. The van der Waals surface area contributed by atoms with Crippen molar-refractivity contribution in [3.8, 4) is 5.69 Å². The van der Waals surface area contributed by atoms with Crippen molar-refractivity contribution in [3.05, 3.63) is 45.3 Å². The smallest absolute Gasteiger partial charge is 0.271 e. The van der Waals surface area contributed by atoms with Crippen LogP contribution in [-0.4, -0.2) is 26.2 Å². The molecule has 2 aromatic rings. The Morgan fingerprint density at radius 3 is 2.81 bits per heavy atom. The second-order valence-electron chi connectivity index (χ2n) is 4.78. The molecular weight excluding hydrogens is 272 g/mol. The molecule has 0 N–H and O–H groups in total. The average Bonchev–Trinajstić information content (AvgIpc) is 2.87. The average molecular weight is 288 g/mol. The summed E-state index contributed by atoms with van der Waals surface area (Å²) in [5.41, 5.74) is 2.38. The van der Waals surface area contributed by atoms with E-state index in [4.69, 9.17) is 0 Å². The second kappa shape index (κ2) is 6.25. The number of unbranched alkanes of at least 4 members (excludes halogenated alkanes) is 1. The molecule has 0 bridgehead atoms. The molecule has 0 unspecified atom stereocenters. The third kappa shape index (κ3) is 2.96. The summed E-state index contributed by atoms with van der Waals surface area (Å²) in [5.74, 6) is 0. The number of nitro benzene ring substituents is 1. The van der Waals surface area contributed by atoms with Crippen LogP contribution in [0.1, 0.15) is 41.5 Å². The summed E-state index contributed by atoms with van der Waals surface area (Å²) in [6.45, 7) is 3.89. The lowest BCUT2D eigenvalue weighted by molar-refractivity contribution is -0.384. The molecule has 7 heteroatoms. The van der Waals surface area contributed by atoms with Crippen LogP contribution in [0.3, 0.4) is 0 Å². The van der Waals surface area contributed by atoms with Crippen LogP contribution in [0.5, 0.6) is 0 Å². The summed E-state index contributed by atoms with van der Waals surface area (Å²) >= 11 is 0. The Labute approximate surface area is 121 Å². The van der Waals surface area contributed by atoms with Gasteiger partial charge in [-0.25, -0.2) is 4.68 Å². The maximum absolute atomic E-state index is 11.1. The summed E-state index contributed by atoms with van der Waals surface area (Å²) < 4.78 is 1.53. The van der Waals surface area contributed by atoms with E-state index in [0.29, 0.717) is 24.1 Å². The van der Waals surface area contributed by atoms with Crippen molar-refractivity contribution in [2.45, 2.75) is 33.1 Å². The number of carbonyl (C=O) groups is 1. The van der Waals surface area contributed by atoms with Gasteiger partial charge in [-0.15, -0.1) is 5.10 Å². The molecule has 0 aliphatic heterocycles. The highest BCUT2D eigenvalue weighted by Crippen LogP contribution is 2.23. The zero-order valence-electron chi connectivity index (χ0n) is 11.9. The van der Waals surface area contributed by atoms with Crippen LogP contribution >= 0.6 is 0 Å². The Hall–Kier alpha value is -2.57. The van der Waals surface area contributed by atoms with E-state index in [2.05, 4.69) is 10.3 Å². The summed E-state index contributed by atoms with van der Waals surface area (Å²) in [6.07, 6.45) is 3.18. The molecule has 1 aromatic heterocycles. The van der Waals surface area contributed by atoms with Crippen molar-refractivity contribution in [2.24, 2.45) is 0 Å². The molecule has 0 aliphatic carbocycles. The van der Waals surface area contributed by atoms with E-state index in [-0.39, 0.29) is 11.4 Å². The normalized spacial score (nSPS) is 10.6. The zero-order chi connectivity index (χ0) is 15.4. The number of rotatable bonds is 6. The molecule has 0 atom stereocenters. The highest BCUT2D eigenvalue weighted by Gasteiger charge is 2.17. The Morgan fingerprint density at radius 2 is 2.19 bits per heavy atom. The molecule has 21 heavy (non-hydrogen) atoms. The molecule has 1 aromatic carbocycles. The quantitative estimate of drug-likeness (QED) is 0.463. The molecule has 1 heterocycles. The van der Waals surface area contributed by atoms with Crippen LogP contribution in [-0.2, 0) is 6.42 Å². The van der Waals surface area contributed by atoms with Crippen molar-refractivity contribution < 1.29 is 9.72 Å². The molecule has 7 nitrogen and oxygen atoms in total. The Balaban J connectivity index is 2.55. The maximum atomic E-state index is 11.1. The number of non-ortho nitro benzene ring substituents is 1. The van der Waals surface area contributed by atoms with Crippen LogP contribution in [0.4, 0.5) is 5.69 Å². The highest BCUT2D eigenvalue weighted by atomic mass is 16.6. The summed E-state index contributed by atoms with van der Waals surface area (Å²) in [7, 11) is 0. The fourth-order valence-corrected chi connectivity index (χ4v) is 2.12. The number of nitro groups is 1. The second-order valence-corrected chi connectivity index (χ2v) is 4.78. The van der Waals surface area contributed by atoms with Gasteiger partial charge in [0.25, 0.3) is 5.69 Å². The minimum Gasteiger partial charge on any atom is -0.296 e. The molecule has 0 fully saturated rings. The lowest BCUT2D eigenvalue weighted by Gasteiger charge is -2.09. The van der Waals surface area contributed by atoms with Crippen LogP contribution in [0.15, 0.2) is 18.2 Å². The largest absolute Gasteiger partial charge is 0.296 e. The number of aldehydes is 1. The van der Waals surface area contributed by atoms with Gasteiger partial charge < -0.3 is 0 Å². The Bertz CT molecular complexity index is 679.